The fourth-order valence-corrected chi connectivity index (χ4v) is 3.40. The van der Waals surface area contributed by atoms with Gasteiger partial charge in [0, 0.05) is 17.1 Å². The number of amides is 2. The Morgan fingerprint density at radius 1 is 1.21 bits per heavy atom. The van der Waals surface area contributed by atoms with Crippen LogP contribution in [0.4, 0.5) is 11.4 Å². The molecule has 0 bridgehead atoms. The molecule has 5 nitrogen and oxygen atoms in total. The van der Waals surface area contributed by atoms with Crippen LogP contribution in [0, 0.1) is 17.2 Å². The van der Waals surface area contributed by atoms with Gasteiger partial charge in [-0.05, 0) is 30.2 Å². The Balaban J connectivity index is 2.06. The van der Waals surface area contributed by atoms with E-state index >= 15 is 0 Å². The van der Waals surface area contributed by atoms with Gasteiger partial charge in [-0.25, -0.2) is 0 Å². The molecule has 142 valence electrons. The van der Waals surface area contributed by atoms with Crippen LogP contribution in [-0.2, 0) is 9.59 Å². The summed E-state index contributed by atoms with van der Waals surface area (Å²) in [4.78, 5) is 27.5. The molecular formula is C21H17Cl2N3O2. The number of fused-ring (bicyclic) bond motifs is 1. The van der Waals surface area contributed by atoms with Crippen molar-refractivity contribution in [2.75, 3.05) is 16.8 Å². The van der Waals surface area contributed by atoms with E-state index in [-0.39, 0.29) is 33.7 Å². The zero-order valence-corrected chi connectivity index (χ0v) is 16.8. The first-order chi connectivity index (χ1) is 13.3. The summed E-state index contributed by atoms with van der Waals surface area (Å²) in [7, 11) is 0. The van der Waals surface area contributed by atoms with Crippen molar-refractivity contribution in [1.82, 2.24) is 0 Å². The van der Waals surface area contributed by atoms with Gasteiger partial charge in [-0.2, -0.15) is 5.26 Å². The SMILES string of the molecule is CC(C)CN1C(=O)C(=C(C#N)C(=O)Nc2cc(Cl)ccc2Cl)c2ccccc21. The highest BCUT2D eigenvalue weighted by molar-refractivity contribution is 6.39. The Morgan fingerprint density at radius 2 is 1.93 bits per heavy atom. The molecule has 2 amide bonds. The van der Waals surface area contributed by atoms with E-state index in [2.05, 4.69) is 5.32 Å². The number of anilines is 2. The predicted molar refractivity (Wildman–Crippen MR) is 111 cm³/mol. The lowest BCUT2D eigenvalue weighted by atomic mass is 10.0. The predicted octanol–water partition coefficient (Wildman–Crippen LogP) is 4.91. The molecule has 0 spiro atoms. The maximum Gasteiger partial charge on any atom is 0.267 e. The molecule has 0 aliphatic carbocycles. The van der Waals surface area contributed by atoms with Gasteiger partial charge in [-0.3, -0.25) is 9.59 Å². The van der Waals surface area contributed by atoms with Crippen molar-refractivity contribution >= 4 is 52.0 Å². The van der Waals surface area contributed by atoms with Gasteiger partial charge >= 0.3 is 0 Å². The van der Waals surface area contributed by atoms with Gasteiger partial charge in [0.05, 0.1) is 22.0 Å². The average molecular weight is 414 g/mol. The molecule has 1 aliphatic rings. The number of nitrogens with zero attached hydrogens (tertiary/aromatic N) is 2. The second-order valence-corrected chi connectivity index (χ2v) is 7.61. The van der Waals surface area contributed by atoms with Gasteiger partial charge in [0.15, 0.2) is 0 Å². The molecule has 3 rings (SSSR count). The average Bonchev–Trinajstić information content (AvgIpc) is 2.91. The van der Waals surface area contributed by atoms with Crippen LogP contribution in [0.3, 0.4) is 0 Å². The number of para-hydroxylation sites is 1. The van der Waals surface area contributed by atoms with Gasteiger partial charge in [-0.15, -0.1) is 0 Å². The molecule has 7 heteroatoms. The molecule has 0 saturated heterocycles. The van der Waals surface area contributed by atoms with Crippen LogP contribution in [0.15, 0.2) is 48.0 Å². The highest BCUT2D eigenvalue weighted by Gasteiger charge is 2.36. The summed E-state index contributed by atoms with van der Waals surface area (Å²) in [5, 5.41) is 12.9. The molecule has 0 fully saturated rings. The molecule has 28 heavy (non-hydrogen) atoms. The number of hydrogen-bond donors (Lipinski definition) is 1. The van der Waals surface area contributed by atoms with Crippen molar-refractivity contribution in [1.29, 1.82) is 5.26 Å². The summed E-state index contributed by atoms with van der Waals surface area (Å²) in [6, 6.07) is 13.6. The molecule has 2 aromatic rings. The molecule has 1 N–H and O–H groups in total. The summed E-state index contributed by atoms with van der Waals surface area (Å²) in [6.07, 6.45) is 0. The van der Waals surface area contributed by atoms with E-state index < -0.39 is 5.91 Å². The smallest absolute Gasteiger partial charge is 0.267 e. The van der Waals surface area contributed by atoms with Crippen molar-refractivity contribution in [2.24, 2.45) is 5.92 Å². The third-order valence-corrected chi connectivity index (χ3v) is 4.80. The monoisotopic (exact) mass is 413 g/mol. The Kier molecular flexibility index (Phi) is 5.73. The number of carbonyl (C=O) groups is 2. The van der Waals surface area contributed by atoms with Crippen molar-refractivity contribution < 1.29 is 9.59 Å². The molecular weight excluding hydrogens is 397 g/mol. The van der Waals surface area contributed by atoms with Crippen LogP contribution in [0.5, 0.6) is 0 Å². The first kappa shape index (κ1) is 19.9. The molecule has 2 aromatic carbocycles. The summed E-state index contributed by atoms with van der Waals surface area (Å²) in [6.45, 7) is 4.48. The van der Waals surface area contributed by atoms with Crippen LogP contribution < -0.4 is 10.2 Å². The van der Waals surface area contributed by atoms with E-state index in [0.717, 1.165) is 0 Å². The molecule has 1 heterocycles. The Hall–Kier alpha value is -2.81. The van der Waals surface area contributed by atoms with E-state index in [1.54, 1.807) is 29.2 Å². The molecule has 0 radical (unpaired) electrons. The van der Waals surface area contributed by atoms with E-state index in [0.29, 0.717) is 22.8 Å². The van der Waals surface area contributed by atoms with Crippen molar-refractivity contribution in [3.63, 3.8) is 0 Å². The normalized spacial score (nSPS) is 14.7. The summed E-state index contributed by atoms with van der Waals surface area (Å²) < 4.78 is 0. The number of halogens is 2. The third-order valence-electron chi connectivity index (χ3n) is 4.24. The van der Waals surface area contributed by atoms with Gasteiger partial charge in [0.1, 0.15) is 11.6 Å². The topological polar surface area (TPSA) is 73.2 Å². The fraction of sp³-hybridized carbons (Fsp3) is 0.190. The Bertz CT molecular complexity index is 1040. The molecule has 0 unspecified atom stereocenters. The molecule has 0 saturated carbocycles. The lowest BCUT2D eigenvalue weighted by Gasteiger charge is -2.19. The van der Waals surface area contributed by atoms with Gasteiger partial charge in [-0.1, -0.05) is 55.2 Å². The molecule has 0 aromatic heterocycles. The van der Waals surface area contributed by atoms with Crippen molar-refractivity contribution in [2.45, 2.75) is 13.8 Å². The largest absolute Gasteiger partial charge is 0.320 e. The van der Waals surface area contributed by atoms with Crippen LogP contribution in [0.25, 0.3) is 5.57 Å². The lowest BCUT2D eigenvalue weighted by Crippen LogP contribution is -2.31. The highest BCUT2D eigenvalue weighted by atomic mass is 35.5. The van der Waals surface area contributed by atoms with E-state index in [1.165, 1.54) is 6.07 Å². The number of carbonyl (C=O) groups excluding carboxylic acids is 2. The second-order valence-electron chi connectivity index (χ2n) is 6.77. The fourth-order valence-electron chi connectivity index (χ4n) is 3.07. The zero-order valence-electron chi connectivity index (χ0n) is 15.3. The minimum Gasteiger partial charge on any atom is -0.320 e. The van der Waals surface area contributed by atoms with E-state index in [9.17, 15) is 14.9 Å². The Labute approximate surface area is 173 Å². The highest BCUT2D eigenvalue weighted by Crippen LogP contribution is 2.39. The summed E-state index contributed by atoms with van der Waals surface area (Å²) >= 11 is 12.0. The third kappa shape index (κ3) is 3.75. The van der Waals surface area contributed by atoms with Gasteiger partial charge in [0.25, 0.3) is 11.8 Å². The van der Waals surface area contributed by atoms with Crippen LogP contribution in [-0.4, -0.2) is 18.4 Å². The standard InChI is InChI=1S/C21H17Cl2N3O2/c1-12(2)11-26-18-6-4-3-5-14(18)19(21(26)28)15(10-24)20(27)25-17-9-13(22)7-8-16(17)23/h3-9,12H,11H2,1-2H3,(H,25,27). The number of hydrogen-bond acceptors (Lipinski definition) is 3. The summed E-state index contributed by atoms with van der Waals surface area (Å²) in [5.41, 5.74) is 1.36. The van der Waals surface area contributed by atoms with E-state index in [4.69, 9.17) is 23.2 Å². The first-order valence-corrected chi connectivity index (χ1v) is 9.41. The lowest BCUT2D eigenvalue weighted by molar-refractivity contribution is -0.114. The van der Waals surface area contributed by atoms with Gasteiger partial charge < -0.3 is 10.2 Å². The Morgan fingerprint density at radius 3 is 2.61 bits per heavy atom. The quantitative estimate of drug-likeness (QED) is 0.571. The maximum absolute atomic E-state index is 13.1. The first-order valence-electron chi connectivity index (χ1n) is 8.65. The number of rotatable bonds is 4. The number of nitriles is 1. The minimum atomic E-state index is -0.712. The zero-order chi connectivity index (χ0) is 20.4. The molecule has 0 atom stereocenters. The maximum atomic E-state index is 13.1. The molecule has 1 aliphatic heterocycles. The second kappa shape index (κ2) is 8.05. The van der Waals surface area contributed by atoms with Crippen molar-refractivity contribution in [3.05, 3.63) is 63.6 Å². The van der Waals surface area contributed by atoms with Crippen LogP contribution in [0.2, 0.25) is 10.0 Å². The van der Waals surface area contributed by atoms with E-state index in [1.807, 2.05) is 32.0 Å². The van der Waals surface area contributed by atoms with Crippen LogP contribution in [0.1, 0.15) is 19.4 Å². The van der Waals surface area contributed by atoms with Crippen LogP contribution >= 0.6 is 23.2 Å². The van der Waals surface area contributed by atoms with Crippen molar-refractivity contribution in [3.8, 4) is 6.07 Å². The number of benzene rings is 2. The summed E-state index contributed by atoms with van der Waals surface area (Å²) in [5.74, 6) is -0.851. The minimum absolute atomic E-state index is 0.0920. The number of nitrogens with one attached hydrogen (secondary N) is 1. The van der Waals surface area contributed by atoms with Gasteiger partial charge in [0.2, 0.25) is 0 Å².